The Kier molecular flexibility index (Phi) is 3.70. The van der Waals surface area contributed by atoms with Crippen LogP contribution in [0.4, 0.5) is 0 Å². The number of carbonyl (C=O) groups is 2. The summed E-state index contributed by atoms with van der Waals surface area (Å²) < 4.78 is 15.1. The van der Waals surface area contributed by atoms with Crippen molar-refractivity contribution in [3.8, 4) is 11.5 Å². The standard InChI is InChI=1S/C13H13NO5/c1-8(13(14)16)19-12(15)5-3-9-2-4-10-11(6-9)18-7-17-10/h2-6,8H,7H2,1H3,(H2,14,16)/b5-3+/t8-/m0/s1. The van der Waals surface area contributed by atoms with Crippen LogP contribution in [0.1, 0.15) is 12.5 Å². The summed E-state index contributed by atoms with van der Waals surface area (Å²) in [5.74, 6) is -0.0307. The molecule has 0 bridgehead atoms. The van der Waals surface area contributed by atoms with Crippen molar-refractivity contribution in [3.05, 3.63) is 29.8 Å². The van der Waals surface area contributed by atoms with Crippen molar-refractivity contribution >= 4 is 18.0 Å². The number of rotatable bonds is 4. The number of amides is 1. The molecule has 6 heteroatoms. The molecule has 1 atom stereocenters. The Bertz CT molecular complexity index is 538. The third-order valence-corrected chi connectivity index (χ3v) is 2.50. The van der Waals surface area contributed by atoms with E-state index >= 15 is 0 Å². The first-order chi connectivity index (χ1) is 9.06. The van der Waals surface area contributed by atoms with E-state index in [4.69, 9.17) is 19.9 Å². The van der Waals surface area contributed by atoms with Crippen LogP contribution in [0.15, 0.2) is 24.3 Å². The van der Waals surface area contributed by atoms with Crippen LogP contribution in [0, 0.1) is 0 Å². The number of primary amides is 1. The fourth-order valence-corrected chi connectivity index (χ4v) is 1.45. The fourth-order valence-electron chi connectivity index (χ4n) is 1.45. The lowest BCUT2D eigenvalue weighted by molar-refractivity contribution is -0.148. The largest absolute Gasteiger partial charge is 0.454 e. The first-order valence-electron chi connectivity index (χ1n) is 5.64. The van der Waals surface area contributed by atoms with Gasteiger partial charge >= 0.3 is 5.97 Å². The molecule has 0 saturated carbocycles. The summed E-state index contributed by atoms with van der Waals surface area (Å²) in [5, 5.41) is 0. The number of hydrogen-bond donors (Lipinski definition) is 1. The summed E-state index contributed by atoms with van der Waals surface area (Å²) >= 11 is 0. The number of benzene rings is 1. The summed E-state index contributed by atoms with van der Waals surface area (Å²) in [5.41, 5.74) is 5.74. The van der Waals surface area contributed by atoms with Gasteiger partial charge in [0.2, 0.25) is 6.79 Å². The van der Waals surface area contributed by atoms with Crippen LogP contribution in [0.2, 0.25) is 0 Å². The van der Waals surface area contributed by atoms with E-state index in [2.05, 4.69) is 0 Å². The van der Waals surface area contributed by atoms with Crippen LogP contribution in [0.5, 0.6) is 11.5 Å². The molecule has 1 amide bonds. The lowest BCUT2D eigenvalue weighted by Crippen LogP contribution is -2.29. The molecular formula is C13H13NO5. The van der Waals surface area contributed by atoms with Crippen molar-refractivity contribution in [1.82, 2.24) is 0 Å². The second kappa shape index (κ2) is 5.43. The van der Waals surface area contributed by atoms with Crippen molar-refractivity contribution < 1.29 is 23.8 Å². The molecule has 0 aliphatic carbocycles. The minimum atomic E-state index is -0.950. The van der Waals surface area contributed by atoms with E-state index in [1.165, 1.54) is 13.0 Å². The van der Waals surface area contributed by atoms with Crippen molar-refractivity contribution in [2.24, 2.45) is 5.73 Å². The van der Waals surface area contributed by atoms with E-state index < -0.39 is 18.0 Å². The Morgan fingerprint density at radius 3 is 2.84 bits per heavy atom. The Morgan fingerprint density at radius 1 is 1.37 bits per heavy atom. The second-order valence-electron chi connectivity index (χ2n) is 3.93. The molecule has 0 spiro atoms. The first kappa shape index (κ1) is 12.9. The zero-order valence-electron chi connectivity index (χ0n) is 10.3. The number of fused-ring (bicyclic) bond motifs is 1. The fraction of sp³-hybridized carbons (Fsp3) is 0.231. The molecule has 2 N–H and O–H groups in total. The predicted molar refractivity (Wildman–Crippen MR) is 66.3 cm³/mol. The van der Waals surface area contributed by atoms with Crippen LogP contribution in [0.25, 0.3) is 6.08 Å². The maximum Gasteiger partial charge on any atom is 0.331 e. The van der Waals surface area contributed by atoms with Gasteiger partial charge in [-0.1, -0.05) is 6.07 Å². The Morgan fingerprint density at radius 2 is 2.11 bits per heavy atom. The maximum absolute atomic E-state index is 11.4. The topological polar surface area (TPSA) is 87.8 Å². The summed E-state index contributed by atoms with van der Waals surface area (Å²) in [4.78, 5) is 22.1. The molecule has 0 saturated heterocycles. The van der Waals surface area contributed by atoms with Crippen LogP contribution in [-0.4, -0.2) is 24.8 Å². The quantitative estimate of drug-likeness (QED) is 0.642. The van der Waals surface area contributed by atoms with Gasteiger partial charge in [0.15, 0.2) is 17.6 Å². The first-order valence-corrected chi connectivity index (χ1v) is 5.64. The van der Waals surface area contributed by atoms with Gasteiger partial charge in [0, 0.05) is 6.08 Å². The molecule has 0 radical (unpaired) electrons. The Labute approximate surface area is 109 Å². The van der Waals surface area contributed by atoms with Gasteiger partial charge in [-0.2, -0.15) is 0 Å². The van der Waals surface area contributed by atoms with Gasteiger partial charge in [0.25, 0.3) is 5.91 Å². The van der Waals surface area contributed by atoms with E-state index in [1.54, 1.807) is 24.3 Å². The van der Waals surface area contributed by atoms with Gasteiger partial charge in [0.05, 0.1) is 0 Å². The van der Waals surface area contributed by atoms with Crippen LogP contribution in [-0.2, 0) is 14.3 Å². The summed E-state index contributed by atoms with van der Waals surface area (Å²) in [6.45, 7) is 1.61. The predicted octanol–water partition coefficient (Wildman–Crippen LogP) is 0.845. The van der Waals surface area contributed by atoms with Gasteiger partial charge in [-0.3, -0.25) is 4.79 Å². The molecule has 0 fully saturated rings. The Hall–Kier alpha value is -2.50. The SMILES string of the molecule is C[C@H](OC(=O)/C=C/c1ccc2c(c1)OCO2)C(N)=O. The molecule has 0 aromatic heterocycles. The molecule has 1 aromatic rings. The molecule has 19 heavy (non-hydrogen) atoms. The highest BCUT2D eigenvalue weighted by molar-refractivity contribution is 5.90. The lowest BCUT2D eigenvalue weighted by Gasteiger charge is -2.06. The highest BCUT2D eigenvalue weighted by Gasteiger charge is 2.13. The minimum Gasteiger partial charge on any atom is -0.454 e. The van der Waals surface area contributed by atoms with E-state index in [-0.39, 0.29) is 6.79 Å². The normalized spacial score (nSPS) is 14.4. The summed E-state index contributed by atoms with van der Waals surface area (Å²) in [7, 11) is 0. The molecule has 100 valence electrons. The number of hydrogen-bond acceptors (Lipinski definition) is 5. The zero-order chi connectivity index (χ0) is 13.8. The monoisotopic (exact) mass is 263 g/mol. The van der Waals surface area contributed by atoms with Gasteiger partial charge in [-0.05, 0) is 30.7 Å². The van der Waals surface area contributed by atoms with Crippen LogP contribution >= 0.6 is 0 Å². The number of carbonyl (C=O) groups excluding carboxylic acids is 2. The number of nitrogens with two attached hydrogens (primary N) is 1. The molecule has 1 aromatic carbocycles. The second-order valence-corrected chi connectivity index (χ2v) is 3.93. The van der Waals surface area contributed by atoms with E-state index in [0.717, 1.165) is 5.56 Å². The maximum atomic E-state index is 11.4. The Balaban J connectivity index is 1.98. The minimum absolute atomic E-state index is 0.195. The molecule has 2 rings (SSSR count). The summed E-state index contributed by atoms with van der Waals surface area (Å²) in [6, 6.07) is 5.26. The van der Waals surface area contributed by atoms with Crippen molar-refractivity contribution in [2.75, 3.05) is 6.79 Å². The van der Waals surface area contributed by atoms with E-state index in [0.29, 0.717) is 11.5 Å². The van der Waals surface area contributed by atoms with Crippen LogP contribution < -0.4 is 15.2 Å². The molecule has 1 aliphatic heterocycles. The van der Waals surface area contributed by atoms with E-state index in [1.807, 2.05) is 0 Å². The van der Waals surface area contributed by atoms with Gasteiger partial charge < -0.3 is 19.9 Å². The molecule has 1 heterocycles. The summed E-state index contributed by atoms with van der Waals surface area (Å²) in [6.07, 6.45) is 1.82. The third kappa shape index (κ3) is 3.25. The molecule has 1 aliphatic rings. The molecule has 6 nitrogen and oxygen atoms in total. The highest BCUT2D eigenvalue weighted by atomic mass is 16.7. The number of ether oxygens (including phenoxy) is 3. The average molecular weight is 263 g/mol. The van der Waals surface area contributed by atoms with Gasteiger partial charge in [0.1, 0.15) is 0 Å². The van der Waals surface area contributed by atoms with Crippen molar-refractivity contribution in [1.29, 1.82) is 0 Å². The van der Waals surface area contributed by atoms with Gasteiger partial charge in [-0.25, -0.2) is 4.79 Å². The average Bonchev–Trinajstić information content (AvgIpc) is 2.83. The van der Waals surface area contributed by atoms with Crippen molar-refractivity contribution in [2.45, 2.75) is 13.0 Å². The third-order valence-electron chi connectivity index (χ3n) is 2.50. The zero-order valence-corrected chi connectivity index (χ0v) is 10.3. The van der Waals surface area contributed by atoms with Gasteiger partial charge in [-0.15, -0.1) is 0 Å². The van der Waals surface area contributed by atoms with E-state index in [9.17, 15) is 9.59 Å². The number of esters is 1. The highest BCUT2D eigenvalue weighted by Crippen LogP contribution is 2.32. The smallest absolute Gasteiger partial charge is 0.331 e. The van der Waals surface area contributed by atoms with Crippen LogP contribution in [0.3, 0.4) is 0 Å². The molecular weight excluding hydrogens is 250 g/mol. The molecule has 0 unspecified atom stereocenters. The van der Waals surface area contributed by atoms with Crippen molar-refractivity contribution in [3.63, 3.8) is 0 Å². The lowest BCUT2D eigenvalue weighted by atomic mass is 10.2.